The first kappa shape index (κ1) is 18.5. The Morgan fingerprint density at radius 3 is 2.58 bits per heavy atom. The van der Waals surface area contributed by atoms with Gasteiger partial charge in [0.1, 0.15) is 17.4 Å². The van der Waals surface area contributed by atoms with Crippen molar-refractivity contribution >= 4 is 11.8 Å². The van der Waals surface area contributed by atoms with Crippen LogP contribution in [0.4, 0.5) is 5.88 Å². The second kappa shape index (κ2) is 8.29. The van der Waals surface area contributed by atoms with Gasteiger partial charge in [-0.2, -0.15) is 5.26 Å². The fraction of sp³-hybridized carbons (Fsp3) is 0.647. The van der Waals surface area contributed by atoms with Gasteiger partial charge in [-0.15, -0.1) is 0 Å². The van der Waals surface area contributed by atoms with Crippen LogP contribution in [0.3, 0.4) is 0 Å². The maximum absolute atomic E-state index is 12.2. The molecule has 0 radical (unpaired) electrons. The molecule has 1 unspecified atom stereocenters. The summed E-state index contributed by atoms with van der Waals surface area (Å²) >= 11 is 0. The standard InChI is InChI=1S/C17H26N4O3/c1-4-14(11-22)21-7-5-20(6-8-21)10-16(23)19-17-15(9-18)12(2)13(3)24-17/h14,22H,4-8,10-11H2,1-3H3,(H,19,23). The molecule has 1 aromatic heterocycles. The Bertz CT molecular complexity index is 608. The Labute approximate surface area is 142 Å². The molecular weight excluding hydrogens is 308 g/mol. The van der Waals surface area contributed by atoms with E-state index in [0.717, 1.165) is 38.2 Å². The smallest absolute Gasteiger partial charge is 0.240 e. The number of carbonyl (C=O) groups is 1. The van der Waals surface area contributed by atoms with Crippen LogP contribution in [0.15, 0.2) is 4.42 Å². The molecule has 2 rings (SSSR count). The highest BCUT2D eigenvalue weighted by Gasteiger charge is 2.24. The fourth-order valence-electron chi connectivity index (χ4n) is 3.01. The summed E-state index contributed by atoms with van der Waals surface area (Å²) in [6.45, 7) is 9.34. The van der Waals surface area contributed by atoms with Crippen LogP contribution in [-0.4, -0.2) is 66.2 Å². The molecule has 2 heterocycles. The highest BCUT2D eigenvalue weighted by atomic mass is 16.4. The summed E-state index contributed by atoms with van der Waals surface area (Å²) in [7, 11) is 0. The summed E-state index contributed by atoms with van der Waals surface area (Å²) in [5, 5.41) is 21.3. The van der Waals surface area contributed by atoms with E-state index in [-0.39, 0.29) is 31.0 Å². The average molecular weight is 334 g/mol. The molecule has 1 saturated heterocycles. The van der Waals surface area contributed by atoms with Gasteiger partial charge in [-0.05, 0) is 20.3 Å². The molecule has 1 amide bonds. The fourth-order valence-corrected chi connectivity index (χ4v) is 3.01. The van der Waals surface area contributed by atoms with Gasteiger partial charge in [0.15, 0.2) is 0 Å². The SMILES string of the molecule is CCC(CO)N1CCN(CC(=O)Nc2oc(C)c(C)c2C#N)CC1. The lowest BCUT2D eigenvalue weighted by Gasteiger charge is -2.38. The van der Waals surface area contributed by atoms with Crippen LogP contribution in [0.5, 0.6) is 0 Å². The van der Waals surface area contributed by atoms with Crippen molar-refractivity contribution in [2.45, 2.75) is 33.2 Å². The van der Waals surface area contributed by atoms with Crippen molar-refractivity contribution < 1.29 is 14.3 Å². The minimum atomic E-state index is -0.178. The van der Waals surface area contributed by atoms with Gasteiger partial charge in [-0.3, -0.25) is 19.9 Å². The van der Waals surface area contributed by atoms with E-state index in [2.05, 4.69) is 28.1 Å². The first-order valence-corrected chi connectivity index (χ1v) is 8.37. The zero-order chi connectivity index (χ0) is 17.7. The molecule has 1 fully saturated rings. The molecule has 24 heavy (non-hydrogen) atoms. The number of hydrogen-bond donors (Lipinski definition) is 2. The maximum Gasteiger partial charge on any atom is 0.240 e. The average Bonchev–Trinajstić information content (AvgIpc) is 2.83. The zero-order valence-electron chi connectivity index (χ0n) is 14.6. The maximum atomic E-state index is 12.2. The number of aliphatic hydroxyl groups excluding tert-OH is 1. The lowest BCUT2D eigenvalue weighted by molar-refractivity contribution is -0.118. The molecule has 0 aliphatic carbocycles. The molecule has 0 bridgehead atoms. The minimum Gasteiger partial charge on any atom is -0.444 e. The van der Waals surface area contributed by atoms with Crippen molar-refractivity contribution in [3.8, 4) is 6.07 Å². The van der Waals surface area contributed by atoms with E-state index in [0.29, 0.717) is 11.3 Å². The van der Waals surface area contributed by atoms with Crippen LogP contribution < -0.4 is 5.32 Å². The summed E-state index contributed by atoms with van der Waals surface area (Å²) in [4.78, 5) is 16.6. The van der Waals surface area contributed by atoms with E-state index in [1.807, 2.05) is 0 Å². The predicted octanol–water partition coefficient (Wildman–Crippen LogP) is 1.10. The number of amides is 1. The molecule has 1 aliphatic heterocycles. The van der Waals surface area contributed by atoms with Crippen LogP contribution in [-0.2, 0) is 4.79 Å². The molecule has 2 N–H and O–H groups in total. The molecule has 0 spiro atoms. The quantitative estimate of drug-likeness (QED) is 0.809. The third kappa shape index (κ3) is 4.15. The number of hydrogen-bond acceptors (Lipinski definition) is 6. The molecule has 0 aromatic carbocycles. The Morgan fingerprint density at radius 1 is 1.38 bits per heavy atom. The normalized spacial score (nSPS) is 17.5. The largest absolute Gasteiger partial charge is 0.444 e. The number of aryl methyl sites for hydroxylation is 1. The molecule has 7 nitrogen and oxygen atoms in total. The summed E-state index contributed by atoms with van der Waals surface area (Å²) in [5.74, 6) is 0.704. The first-order chi connectivity index (χ1) is 11.5. The third-order valence-corrected chi connectivity index (χ3v) is 4.72. The summed E-state index contributed by atoms with van der Waals surface area (Å²) in [6, 6.07) is 2.27. The molecule has 0 saturated carbocycles. The van der Waals surface area contributed by atoms with E-state index in [4.69, 9.17) is 4.42 Å². The second-order valence-electron chi connectivity index (χ2n) is 6.20. The number of nitriles is 1. The summed E-state index contributed by atoms with van der Waals surface area (Å²) in [6.07, 6.45) is 0.922. The lowest BCUT2D eigenvalue weighted by Crippen LogP contribution is -2.52. The number of nitrogens with zero attached hydrogens (tertiary/aromatic N) is 3. The van der Waals surface area contributed by atoms with Gasteiger partial charge < -0.3 is 9.52 Å². The van der Waals surface area contributed by atoms with E-state index >= 15 is 0 Å². The van der Waals surface area contributed by atoms with Gasteiger partial charge >= 0.3 is 0 Å². The van der Waals surface area contributed by atoms with Crippen molar-refractivity contribution in [1.29, 1.82) is 5.26 Å². The van der Waals surface area contributed by atoms with E-state index in [9.17, 15) is 15.2 Å². The first-order valence-electron chi connectivity index (χ1n) is 8.37. The van der Waals surface area contributed by atoms with Crippen molar-refractivity contribution in [3.63, 3.8) is 0 Å². The highest BCUT2D eigenvalue weighted by molar-refractivity contribution is 5.92. The number of piperazine rings is 1. The van der Waals surface area contributed by atoms with Gasteiger partial charge in [0.2, 0.25) is 11.8 Å². The van der Waals surface area contributed by atoms with E-state index in [1.165, 1.54) is 0 Å². The zero-order valence-corrected chi connectivity index (χ0v) is 14.6. The monoisotopic (exact) mass is 334 g/mol. The molecule has 132 valence electrons. The van der Waals surface area contributed by atoms with Crippen LogP contribution in [0, 0.1) is 25.2 Å². The molecule has 7 heteroatoms. The van der Waals surface area contributed by atoms with Crippen LogP contribution >= 0.6 is 0 Å². The van der Waals surface area contributed by atoms with Crippen molar-refractivity contribution in [1.82, 2.24) is 9.80 Å². The van der Waals surface area contributed by atoms with Crippen molar-refractivity contribution in [2.75, 3.05) is 44.6 Å². The molecule has 1 aliphatic rings. The number of carbonyl (C=O) groups excluding carboxylic acids is 1. The van der Waals surface area contributed by atoms with E-state index < -0.39 is 0 Å². The summed E-state index contributed by atoms with van der Waals surface area (Å²) < 4.78 is 5.46. The summed E-state index contributed by atoms with van der Waals surface area (Å²) in [5.41, 5.74) is 1.15. The molecular formula is C17H26N4O3. The Kier molecular flexibility index (Phi) is 6.37. The number of anilines is 1. The van der Waals surface area contributed by atoms with Crippen LogP contribution in [0.1, 0.15) is 30.2 Å². The Morgan fingerprint density at radius 2 is 2.04 bits per heavy atom. The Balaban J connectivity index is 1.86. The topological polar surface area (TPSA) is 92.7 Å². The minimum absolute atomic E-state index is 0.172. The van der Waals surface area contributed by atoms with Gasteiger partial charge in [-0.25, -0.2) is 0 Å². The van der Waals surface area contributed by atoms with Gasteiger partial charge in [0.25, 0.3) is 0 Å². The van der Waals surface area contributed by atoms with Gasteiger partial charge in [-0.1, -0.05) is 6.92 Å². The number of rotatable bonds is 6. The number of aliphatic hydroxyl groups is 1. The molecule has 1 atom stereocenters. The van der Waals surface area contributed by atoms with Crippen LogP contribution in [0.25, 0.3) is 0 Å². The van der Waals surface area contributed by atoms with Gasteiger partial charge in [0.05, 0.1) is 13.2 Å². The number of furan rings is 1. The molecule has 1 aromatic rings. The third-order valence-electron chi connectivity index (χ3n) is 4.72. The predicted molar refractivity (Wildman–Crippen MR) is 90.7 cm³/mol. The van der Waals surface area contributed by atoms with E-state index in [1.54, 1.807) is 13.8 Å². The Hall–Kier alpha value is -1.88. The van der Waals surface area contributed by atoms with Crippen LogP contribution in [0.2, 0.25) is 0 Å². The van der Waals surface area contributed by atoms with Gasteiger partial charge in [0, 0.05) is 37.8 Å². The highest BCUT2D eigenvalue weighted by Crippen LogP contribution is 2.25. The van der Waals surface area contributed by atoms with Crippen molar-refractivity contribution in [3.05, 3.63) is 16.9 Å². The van der Waals surface area contributed by atoms with Crippen molar-refractivity contribution in [2.24, 2.45) is 0 Å². The number of nitrogens with one attached hydrogen (secondary N) is 1. The second-order valence-corrected chi connectivity index (χ2v) is 6.20. The lowest BCUT2D eigenvalue weighted by atomic mass is 10.1.